The average Bonchev–Trinajstić information content (AvgIpc) is 3.38. The molecule has 0 spiro atoms. The number of rotatable bonds is 6. The molecule has 43 heavy (non-hydrogen) atoms. The van der Waals surface area contributed by atoms with Crippen molar-refractivity contribution < 1.29 is 4.39 Å². The highest BCUT2D eigenvalue weighted by molar-refractivity contribution is 7.81. The summed E-state index contributed by atoms with van der Waals surface area (Å²) in [5.74, 6) is 2.02. The summed E-state index contributed by atoms with van der Waals surface area (Å²) in [7, 11) is 0. The lowest BCUT2D eigenvalue weighted by atomic mass is 9.71. The highest BCUT2D eigenvalue weighted by Crippen LogP contribution is 2.39. The predicted octanol–water partition coefficient (Wildman–Crippen LogP) is 12.1. The van der Waals surface area contributed by atoms with Gasteiger partial charge in [-0.25, -0.2) is 4.39 Å². The number of hydrogen-bond acceptors (Lipinski definition) is 1. The van der Waals surface area contributed by atoms with Gasteiger partial charge in [0.2, 0.25) is 0 Å². The highest BCUT2D eigenvalue weighted by atomic mass is 32.1. The molecular formula is C41H55FS. The van der Waals surface area contributed by atoms with E-state index in [0.717, 1.165) is 35.8 Å². The van der Waals surface area contributed by atoms with Crippen LogP contribution in [0.4, 0.5) is 4.39 Å². The molecule has 0 bridgehead atoms. The van der Waals surface area contributed by atoms with E-state index in [2.05, 4.69) is 96.3 Å². The first-order valence-corrected chi connectivity index (χ1v) is 16.7. The first-order chi connectivity index (χ1) is 20.4. The van der Waals surface area contributed by atoms with Crippen molar-refractivity contribution in [2.75, 3.05) is 0 Å². The van der Waals surface area contributed by atoms with Gasteiger partial charge in [-0.15, -0.1) is 0 Å². The van der Waals surface area contributed by atoms with E-state index in [1.54, 1.807) is 13.0 Å². The van der Waals surface area contributed by atoms with E-state index >= 15 is 0 Å². The van der Waals surface area contributed by atoms with E-state index < -0.39 is 0 Å². The molecule has 0 aromatic heterocycles. The van der Waals surface area contributed by atoms with Crippen molar-refractivity contribution in [3.63, 3.8) is 0 Å². The van der Waals surface area contributed by atoms with Gasteiger partial charge in [-0.3, -0.25) is 0 Å². The molecule has 0 N–H and O–H groups in total. The van der Waals surface area contributed by atoms with Gasteiger partial charge >= 0.3 is 0 Å². The van der Waals surface area contributed by atoms with Crippen LogP contribution in [0, 0.1) is 44.3 Å². The van der Waals surface area contributed by atoms with Crippen LogP contribution in [0.15, 0.2) is 85.5 Å². The summed E-state index contributed by atoms with van der Waals surface area (Å²) in [6, 6.07) is 22.6. The average molecular weight is 599 g/mol. The van der Waals surface area contributed by atoms with Gasteiger partial charge in [0.05, 0.1) is 0 Å². The number of halogens is 1. The lowest BCUT2D eigenvalue weighted by Gasteiger charge is -2.34. The topological polar surface area (TPSA) is 0 Å². The van der Waals surface area contributed by atoms with E-state index in [4.69, 9.17) is 12.6 Å². The van der Waals surface area contributed by atoms with Gasteiger partial charge in [-0.05, 0) is 123 Å². The molecule has 0 amide bonds. The molecule has 0 heterocycles. The quantitative estimate of drug-likeness (QED) is 0.212. The minimum absolute atomic E-state index is 0.102. The second-order valence-electron chi connectivity index (χ2n) is 13.6. The van der Waals surface area contributed by atoms with Gasteiger partial charge in [0.1, 0.15) is 5.82 Å². The number of benzene rings is 3. The third-order valence-corrected chi connectivity index (χ3v) is 10.1. The fourth-order valence-electron chi connectivity index (χ4n) is 6.91. The maximum Gasteiger partial charge on any atom is 0.126 e. The van der Waals surface area contributed by atoms with Crippen LogP contribution in [0.1, 0.15) is 99.1 Å². The molecule has 0 aliphatic heterocycles. The maximum absolute atomic E-state index is 13.6. The second kappa shape index (κ2) is 16.5. The Hall–Kier alpha value is -2.58. The Morgan fingerprint density at radius 1 is 0.837 bits per heavy atom. The fourth-order valence-corrected chi connectivity index (χ4v) is 7.41. The van der Waals surface area contributed by atoms with Crippen LogP contribution in [0.5, 0.6) is 0 Å². The number of allylic oxidation sites excluding steroid dienone is 2. The van der Waals surface area contributed by atoms with Crippen LogP contribution < -0.4 is 0 Å². The SMILES string of the molecule is C=C(C)c1c(C)cccc1C.C=C(Cc1ccc(C)c(F)c1)C1CC(C)CCC1C.SC1(Cc2ccccc2)CCCC1. The molecule has 2 aliphatic carbocycles. The van der Waals surface area contributed by atoms with Crippen molar-refractivity contribution >= 4 is 18.2 Å². The molecule has 2 aliphatic rings. The van der Waals surface area contributed by atoms with E-state index in [-0.39, 0.29) is 5.82 Å². The Morgan fingerprint density at radius 2 is 1.47 bits per heavy atom. The zero-order valence-corrected chi connectivity index (χ0v) is 28.6. The molecule has 0 saturated heterocycles. The molecule has 3 atom stereocenters. The van der Waals surface area contributed by atoms with E-state index in [1.165, 1.54) is 72.8 Å². The number of thiol groups is 1. The van der Waals surface area contributed by atoms with Crippen LogP contribution in [-0.4, -0.2) is 4.75 Å². The lowest BCUT2D eigenvalue weighted by molar-refractivity contribution is 0.232. The number of aryl methyl sites for hydroxylation is 3. The molecule has 2 heteroatoms. The Balaban J connectivity index is 0.000000185. The summed E-state index contributed by atoms with van der Waals surface area (Å²) in [6.07, 6.45) is 11.1. The summed E-state index contributed by atoms with van der Waals surface area (Å²) in [5, 5.41) is 0. The summed E-state index contributed by atoms with van der Waals surface area (Å²) in [5.41, 5.74) is 9.58. The van der Waals surface area contributed by atoms with Crippen molar-refractivity contribution in [2.24, 2.45) is 17.8 Å². The molecule has 0 radical (unpaired) electrons. The van der Waals surface area contributed by atoms with Gasteiger partial charge in [0.25, 0.3) is 0 Å². The van der Waals surface area contributed by atoms with Crippen LogP contribution in [0.3, 0.4) is 0 Å². The van der Waals surface area contributed by atoms with E-state index in [1.807, 2.05) is 12.1 Å². The molecule has 3 aromatic rings. The van der Waals surface area contributed by atoms with Crippen molar-refractivity contribution in [3.05, 3.63) is 125 Å². The Kier molecular flexibility index (Phi) is 13.4. The normalized spacial score (nSPS) is 20.7. The second-order valence-corrected chi connectivity index (χ2v) is 14.5. The minimum atomic E-state index is -0.102. The lowest BCUT2D eigenvalue weighted by Crippen LogP contribution is -2.23. The zero-order chi connectivity index (χ0) is 31.6. The largest absolute Gasteiger partial charge is 0.207 e. The van der Waals surface area contributed by atoms with Gasteiger partial charge < -0.3 is 0 Å². The van der Waals surface area contributed by atoms with Gasteiger partial charge in [-0.1, -0.05) is 118 Å². The molecule has 3 unspecified atom stereocenters. The van der Waals surface area contributed by atoms with Gasteiger partial charge in [-0.2, -0.15) is 12.6 Å². The maximum atomic E-state index is 13.6. The van der Waals surface area contributed by atoms with Crippen LogP contribution in [-0.2, 0) is 12.8 Å². The fraction of sp³-hybridized carbons (Fsp3) is 0.463. The zero-order valence-electron chi connectivity index (χ0n) is 27.7. The van der Waals surface area contributed by atoms with Crippen molar-refractivity contribution in [3.8, 4) is 0 Å². The summed E-state index contributed by atoms with van der Waals surface area (Å²) >= 11 is 4.79. The van der Waals surface area contributed by atoms with E-state index in [0.29, 0.717) is 16.2 Å². The third-order valence-electron chi connectivity index (χ3n) is 9.47. The van der Waals surface area contributed by atoms with Crippen molar-refractivity contribution in [1.82, 2.24) is 0 Å². The Bertz CT molecular complexity index is 1310. The van der Waals surface area contributed by atoms with Crippen molar-refractivity contribution in [1.29, 1.82) is 0 Å². The van der Waals surface area contributed by atoms with Gasteiger partial charge in [0, 0.05) is 4.75 Å². The van der Waals surface area contributed by atoms with Crippen molar-refractivity contribution in [2.45, 2.75) is 104 Å². The summed E-state index contributed by atoms with van der Waals surface area (Å²) in [6.45, 7) is 21.0. The monoisotopic (exact) mass is 598 g/mol. The van der Waals surface area contributed by atoms with Gasteiger partial charge in [0.15, 0.2) is 0 Å². The number of hydrogen-bond donors (Lipinski definition) is 1. The Morgan fingerprint density at radius 3 is 2.02 bits per heavy atom. The highest BCUT2D eigenvalue weighted by Gasteiger charge is 2.29. The first-order valence-electron chi connectivity index (χ1n) is 16.3. The smallest absolute Gasteiger partial charge is 0.126 e. The third kappa shape index (κ3) is 10.8. The molecule has 232 valence electrons. The summed E-state index contributed by atoms with van der Waals surface area (Å²) < 4.78 is 13.9. The first kappa shape index (κ1) is 34.9. The van der Waals surface area contributed by atoms with Crippen LogP contribution in [0.25, 0.3) is 5.57 Å². The van der Waals surface area contributed by atoms with E-state index in [9.17, 15) is 4.39 Å². The molecule has 2 saturated carbocycles. The molecular weight excluding hydrogens is 544 g/mol. The van der Waals surface area contributed by atoms with Crippen LogP contribution >= 0.6 is 12.6 Å². The molecule has 0 nitrogen and oxygen atoms in total. The van der Waals surface area contributed by atoms with Crippen LogP contribution in [0.2, 0.25) is 0 Å². The molecule has 2 fully saturated rings. The predicted molar refractivity (Wildman–Crippen MR) is 191 cm³/mol. The standard InChI is InChI=1S/C18H25F.C12H16S.C11H14/c1-12-5-6-13(2)17(9-12)15(4)10-16-8-7-14(3)18(19)11-16;13-12(8-4-5-9-12)10-11-6-2-1-3-7-11;1-8(2)11-9(3)6-5-7-10(11)4/h7-8,11-13,17H,4-6,9-10H2,1-3H3;1-3,6-7,13H,4-5,8-10H2;5-7H,1H2,2-4H3. The molecule has 5 rings (SSSR count). The minimum Gasteiger partial charge on any atom is -0.207 e. The summed E-state index contributed by atoms with van der Waals surface area (Å²) in [4.78, 5) is 0. The Labute approximate surface area is 268 Å². The molecule has 3 aromatic carbocycles.